The van der Waals surface area contributed by atoms with Crippen molar-refractivity contribution in [2.24, 2.45) is 0 Å². The molecule has 0 unspecified atom stereocenters. The number of nitrogens with one attached hydrogen (secondary N) is 1. The monoisotopic (exact) mass is 371 g/mol. The third-order valence-electron chi connectivity index (χ3n) is 4.95. The fourth-order valence-corrected chi connectivity index (χ4v) is 3.55. The van der Waals surface area contributed by atoms with Gasteiger partial charge in [0.2, 0.25) is 5.91 Å². The molecule has 4 heterocycles. The van der Waals surface area contributed by atoms with Crippen LogP contribution in [-0.2, 0) is 11.3 Å². The lowest BCUT2D eigenvalue weighted by molar-refractivity contribution is -0.116. The molecule has 3 aromatic heterocycles. The molecule has 0 bridgehead atoms. The molecule has 1 amide bonds. The number of hydrogen-bond donors (Lipinski definition) is 1. The molecule has 0 radical (unpaired) electrons. The zero-order chi connectivity index (χ0) is 18.9. The van der Waals surface area contributed by atoms with E-state index in [1.165, 1.54) is 6.33 Å². The molecule has 0 spiro atoms. The van der Waals surface area contributed by atoms with Crippen molar-refractivity contribution >= 4 is 11.7 Å². The number of fused-ring (bicyclic) bond motifs is 1. The number of amides is 1. The first-order chi connectivity index (χ1) is 13.8. The molecule has 1 N–H and O–H groups in total. The van der Waals surface area contributed by atoms with Crippen LogP contribution in [0.3, 0.4) is 0 Å². The molecule has 0 fully saturated rings. The molecule has 4 aromatic rings. The maximum atomic E-state index is 12.4. The summed E-state index contributed by atoms with van der Waals surface area (Å²) < 4.78 is 3.54. The van der Waals surface area contributed by atoms with Gasteiger partial charge in [0.15, 0.2) is 0 Å². The maximum Gasteiger partial charge on any atom is 0.226 e. The van der Waals surface area contributed by atoms with Crippen molar-refractivity contribution in [2.45, 2.75) is 18.9 Å². The number of anilines is 1. The van der Waals surface area contributed by atoms with Gasteiger partial charge >= 0.3 is 0 Å². The van der Waals surface area contributed by atoms with Crippen LogP contribution in [0.25, 0.3) is 5.69 Å². The molecule has 28 heavy (non-hydrogen) atoms. The van der Waals surface area contributed by atoms with Gasteiger partial charge in [0.05, 0.1) is 18.4 Å². The SMILES string of the molecule is O=C1C[C@H](c2ccc(-n3cncn3)cc2)c2cnn(Cc3ccncc3)c2N1. The highest BCUT2D eigenvalue weighted by atomic mass is 16.1. The first kappa shape index (κ1) is 16.4. The van der Waals surface area contributed by atoms with E-state index >= 15 is 0 Å². The second-order valence-electron chi connectivity index (χ2n) is 6.70. The second-order valence-corrected chi connectivity index (χ2v) is 6.70. The molecule has 1 aromatic carbocycles. The number of pyridine rings is 1. The smallest absolute Gasteiger partial charge is 0.226 e. The molecule has 0 saturated carbocycles. The quantitative estimate of drug-likeness (QED) is 0.595. The minimum absolute atomic E-state index is 0.00525. The molecule has 8 nitrogen and oxygen atoms in total. The second kappa shape index (κ2) is 6.73. The molecule has 0 saturated heterocycles. The van der Waals surface area contributed by atoms with E-state index in [9.17, 15) is 4.79 Å². The summed E-state index contributed by atoms with van der Waals surface area (Å²) in [4.78, 5) is 20.4. The minimum atomic E-state index is -0.0280. The van der Waals surface area contributed by atoms with E-state index in [4.69, 9.17) is 0 Å². The Morgan fingerprint density at radius 1 is 1.04 bits per heavy atom. The zero-order valence-electron chi connectivity index (χ0n) is 14.9. The Hall–Kier alpha value is -3.81. The van der Waals surface area contributed by atoms with Crippen molar-refractivity contribution in [1.29, 1.82) is 0 Å². The zero-order valence-corrected chi connectivity index (χ0v) is 14.9. The third-order valence-corrected chi connectivity index (χ3v) is 4.95. The van der Waals surface area contributed by atoms with Gasteiger partial charge in [0.1, 0.15) is 18.5 Å². The van der Waals surface area contributed by atoms with Gasteiger partial charge in [-0.2, -0.15) is 10.2 Å². The van der Waals surface area contributed by atoms with Gasteiger partial charge in [-0.3, -0.25) is 9.78 Å². The van der Waals surface area contributed by atoms with Gasteiger partial charge in [-0.1, -0.05) is 12.1 Å². The number of benzene rings is 1. The van der Waals surface area contributed by atoms with Gasteiger partial charge in [0.25, 0.3) is 0 Å². The molecule has 1 aliphatic rings. The fraction of sp³-hybridized carbons (Fsp3) is 0.150. The Labute approximate surface area is 160 Å². The highest BCUT2D eigenvalue weighted by molar-refractivity contribution is 5.94. The summed E-state index contributed by atoms with van der Waals surface area (Å²) in [5.41, 5.74) is 4.11. The van der Waals surface area contributed by atoms with Crippen LogP contribution in [0, 0.1) is 0 Å². The first-order valence-corrected chi connectivity index (χ1v) is 8.97. The number of hydrogen-bond acceptors (Lipinski definition) is 5. The van der Waals surface area contributed by atoms with E-state index in [-0.39, 0.29) is 11.8 Å². The average molecular weight is 371 g/mol. The van der Waals surface area contributed by atoms with E-state index in [0.717, 1.165) is 28.2 Å². The fourth-order valence-electron chi connectivity index (χ4n) is 3.55. The van der Waals surface area contributed by atoms with E-state index in [2.05, 4.69) is 25.5 Å². The Morgan fingerprint density at radius 2 is 1.86 bits per heavy atom. The number of rotatable bonds is 4. The van der Waals surface area contributed by atoms with Crippen molar-refractivity contribution < 1.29 is 4.79 Å². The first-order valence-electron chi connectivity index (χ1n) is 8.97. The molecule has 8 heteroatoms. The summed E-state index contributed by atoms with van der Waals surface area (Å²) in [6.07, 6.45) is 8.92. The lowest BCUT2D eigenvalue weighted by Crippen LogP contribution is -2.25. The minimum Gasteiger partial charge on any atom is -0.311 e. The average Bonchev–Trinajstić information content (AvgIpc) is 3.39. The van der Waals surface area contributed by atoms with Crippen LogP contribution in [-0.4, -0.2) is 35.4 Å². The number of carbonyl (C=O) groups excluding carboxylic acids is 1. The highest BCUT2D eigenvalue weighted by Crippen LogP contribution is 2.37. The molecule has 1 aliphatic heterocycles. The summed E-state index contributed by atoms with van der Waals surface area (Å²) in [5.74, 6) is 0.729. The van der Waals surface area contributed by atoms with Crippen molar-refractivity contribution in [3.8, 4) is 5.69 Å². The molecular weight excluding hydrogens is 354 g/mol. The maximum absolute atomic E-state index is 12.4. The lowest BCUT2D eigenvalue weighted by Gasteiger charge is -2.24. The van der Waals surface area contributed by atoms with E-state index in [1.807, 2.05) is 47.3 Å². The number of carbonyl (C=O) groups is 1. The van der Waals surface area contributed by atoms with Crippen LogP contribution in [0.2, 0.25) is 0 Å². The number of aromatic nitrogens is 6. The Morgan fingerprint density at radius 3 is 2.61 bits per heavy atom. The molecule has 138 valence electrons. The molecule has 1 atom stereocenters. The summed E-state index contributed by atoms with van der Waals surface area (Å²) in [5, 5.41) is 11.6. The molecular formula is C20H17N7O. The van der Waals surface area contributed by atoms with Crippen molar-refractivity contribution in [2.75, 3.05) is 5.32 Å². The summed E-state index contributed by atoms with van der Waals surface area (Å²) in [6, 6.07) is 11.9. The van der Waals surface area contributed by atoms with Crippen molar-refractivity contribution in [1.82, 2.24) is 29.5 Å². The van der Waals surface area contributed by atoms with Gasteiger partial charge < -0.3 is 5.32 Å². The lowest BCUT2D eigenvalue weighted by atomic mass is 9.87. The van der Waals surface area contributed by atoms with Gasteiger partial charge in [-0.15, -0.1) is 0 Å². The highest BCUT2D eigenvalue weighted by Gasteiger charge is 2.30. The Kier molecular flexibility index (Phi) is 3.93. The van der Waals surface area contributed by atoms with Crippen LogP contribution < -0.4 is 5.32 Å². The van der Waals surface area contributed by atoms with E-state index < -0.39 is 0 Å². The summed E-state index contributed by atoms with van der Waals surface area (Å²) >= 11 is 0. The third kappa shape index (κ3) is 2.94. The predicted molar refractivity (Wildman–Crippen MR) is 102 cm³/mol. The van der Waals surface area contributed by atoms with Crippen molar-refractivity contribution in [3.05, 3.63) is 84.3 Å². The van der Waals surface area contributed by atoms with Crippen molar-refractivity contribution in [3.63, 3.8) is 0 Å². The van der Waals surface area contributed by atoms with E-state index in [1.54, 1.807) is 23.4 Å². The van der Waals surface area contributed by atoms with E-state index in [0.29, 0.717) is 13.0 Å². The normalized spacial score (nSPS) is 15.9. The molecule has 0 aliphatic carbocycles. The standard InChI is InChI=1S/C20H17N7O/c28-19-9-17(15-1-3-16(4-2-15)27-13-22-12-24-27)18-10-23-26(20(18)25-19)11-14-5-7-21-8-6-14/h1-8,10,12-13,17H,9,11H2,(H,25,28)/t17-/m1/s1. The topological polar surface area (TPSA) is 90.5 Å². The van der Waals surface area contributed by atoms with Crippen LogP contribution in [0.15, 0.2) is 67.6 Å². The Bertz CT molecular complexity index is 1100. The van der Waals surface area contributed by atoms with Crippen LogP contribution in [0.4, 0.5) is 5.82 Å². The molecule has 5 rings (SSSR count). The predicted octanol–water partition coefficient (Wildman–Crippen LogP) is 2.38. The van der Waals surface area contributed by atoms with Crippen LogP contribution in [0.1, 0.15) is 29.0 Å². The van der Waals surface area contributed by atoms with Crippen LogP contribution >= 0.6 is 0 Å². The largest absolute Gasteiger partial charge is 0.311 e. The summed E-state index contributed by atoms with van der Waals surface area (Å²) in [7, 11) is 0. The number of nitrogens with zero attached hydrogens (tertiary/aromatic N) is 6. The Balaban J connectivity index is 1.47. The van der Waals surface area contributed by atoms with Gasteiger partial charge in [-0.05, 0) is 35.4 Å². The van der Waals surface area contributed by atoms with Gasteiger partial charge in [0, 0.05) is 30.3 Å². The summed E-state index contributed by atoms with van der Waals surface area (Å²) in [6.45, 7) is 0.579. The van der Waals surface area contributed by atoms with Gasteiger partial charge in [-0.25, -0.2) is 14.3 Å². The van der Waals surface area contributed by atoms with Crippen LogP contribution in [0.5, 0.6) is 0 Å².